The van der Waals surface area contributed by atoms with Gasteiger partial charge in [-0.1, -0.05) is 19.1 Å². The highest BCUT2D eigenvalue weighted by molar-refractivity contribution is 5.78. The van der Waals surface area contributed by atoms with Crippen molar-refractivity contribution in [1.29, 1.82) is 0 Å². The van der Waals surface area contributed by atoms with E-state index in [9.17, 15) is 4.79 Å². The molecule has 7 nitrogen and oxygen atoms in total. The van der Waals surface area contributed by atoms with Crippen molar-refractivity contribution in [2.75, 3.05) is 7.11 Å². The van der Waals surface area contributed by atoms with E-state index in [0.717, 1.165) is 17.7 Å². The van der Waals surface area contributed by atoms with Crippen molar-refractivity contribution in [3.63, 3.8) is 0 Å². The maximum atomic E-state index is 12.2. The van der Waals surface area contributed by atoms with E-state index in [-0.39, 0.29) is 24.4 Å². The second kappa shape index (κ2) is 7.71. The molecule has 1 aromatic heterocycles. The number of hydrogen-bond donors (Lipinski definition) is 1. The molecular formula is C16H23N5O2. The number of ether oxygens (including phenoxy) is 1. The number of carbonyl (C=O) groups excluding carboxylic acids is 1. The molecule has 0 saturated heterocycles. The van der Waals surface area contributed by atoms with Gasteiger partial charge in [0.25, 0.3) is 0 Å². The molecule has 0 saturated carbocycles. The Morgan fingerprint density at radius 2 is 2.00 bits per heavy atom. The number of methoxy groups -OCH3 is 1. The number of benzene rings is 1. The first-order valence-corrected chi connectivity index (χ1v) is 7.75. The van der Waals surface area contributed by atoms with E-state index in [2.05, 4.69) is 20.7 Å². The van der Waals surface area contributed by atoms with Gasteiger partial charge in [-0.15, -0.1) is 10.2 Å². The van der Waals surface area contributed by atoms with Crippen LogP contribution in [-0.4, -0.2) is 33.2 Å². The summed E-state index contributed by atoms with van der Waals surface area (Å²) in [4.78, 5) is 13.7. The van der Waals surface area contributed by atoms with Crippen molar-refractivity contribution in [2.45, 2.75) is 45.7 Å². The Balaban J connectivity index is 1.98. The average molecular weight is 317 g/mol. The minimum absolute atomic E-state index is 0.0476. The first-order chi connectivity index (χ1) is 11.0. The molecule has 0 bridgehead atoms. The van der Waals surface area contributed by atoms with Crippen LogP contribution in [-0.2, 0) is 11.2 Å². The van der Waals surface area contributed by atoms with Gasteiger partial charge in [0.05, 0.1) is 25.6 Å². The molecule has 1 atom stereocenters. The Labute approximate surface area is 136 Å². The predicted octanol–water partition coefficient (Wildman–Crippen LogP) is 2.07. The number of aromatic nitrogens is 4. The van der Waals surface area contributed by atoms with Gasteiger partial charge < -0.3 is 10.1 Å². The Hall–Kier alpha value is -2.44. The average Bonchev–Trinajstić information content (AvgIpc) is 3.01. The van der Waals surface area contributed by atoms with Crippen molar-refractivity contribution in [3.05, 3.63) is 35.7 Å². The highest BCUT2D eigenvalue weighted by atomic mass is 16.5. The third kappa shape index (κ3) is 4.51. The van der Waals surface area contributed by atoms with Gasteiger partial charge in [-0.05, 0) is 43.2 Å². The van der Waals surface area contributed by atoms with E-state index in [1.54, 1.807) is 7.11 Å². The molecule has 1 heterocycles. The first-order valence-electron chi connectivity index (χ1n) is 7.75. The van der Waals surface area contributed by atoms with E-state index in [1.807, 2.05) is 45.0 Å². The first kappa shape index (κ1) is 16.9. The lowest BCUT2D eigenvalue weighted by atomic mass is 10.0. The zero-order valence-corrected chi connectivity index (χ0v) is 14.0. The number of rotatable bonds is 7. The van der Waals surface area contributed by atoms with Gasteiger partial charge in [0.1, 0.15) is 5.75 Å². The summed E-state index contributed by atoms with van der Waals surface area (Å²) in [5.74, 6) is 1.11. The third-order valence-corrected chi connectivity index (χ3v) is 3.51. The van der Waals surface area contributed by atoms with E-state index < -0.39 is 0 Å². The Morgan fingerprint density at radius 3 is 2.52 bits per heavy atom. The van der Waals surface area contributed by atoms with E-state index in [1.165, 1.54) is 4.80 Å². The van der Waals surface area contributed by atoms with E-state index >= 15 is 0 Å². The van der Waals surface area contributed by atoms with Crippen LogP contribution in [0, 0.1) is 0 Å². The Bertz CT molecular complexity index is 636. The molecule has 2 rings (SSSR count). The van der Waals surface area contributed by atoms with Crippen LogP contribution >= 0.6 is 0 Å². The molecule has 1 unspecified atom stereocenters. The highest BCUT2D eigenvalue weighted by Crippen LogP contribution is 2.20. The summed E-state index contributed by atoms with van der Waals surface area (Å²) < 4.78 is 5.15. The summed E-state index contributed by atoms with van der Waals surface area (Å²) in [6.45, 7) is 5.95. The fourth-order valence-corrected chi connectivity index (χ4v) is 2.19. The van der Waals surface area contributed by atoms with Crippen LogP contribution in [0.4, 0.5) is 0 Å². The molecular weight excluding hydrogens is 294 g/mol. The van der Waals surface area contributed by atoms with Crippen LogP contribution in [0.5, 0.6) is 5.75 Å². The zero-order valence-electron chi connectivity index (χ0n) is 14.0. The zero-order chi connectivity index (χ0) is 16.8. The van der Waals surface area contributed by atoms with Crippen LogP contribution in [0.15, 0.2) is 24.3 Å². The summed E-state index contributed by atoms with van der Waals surface area (Å²) in [6.07, 6.45) is 0.920. The molecule has 0 aliphatic carbocycles. The second-order valence-corrected chi connectivity index (χ2v) is 5.60. The van der Waals surface area contributed by atoms with Crippen LogP contribution < -0.4 is 10.1 Å². The number of nitrogens with one attached hydrogen (secondary N) is 1. The molecule has 2 aromatic rings. The van der Waals surface area contributed by atoms with E-state index in [0.29, 0.717) is 5.82 Å². The smallest absolute Gasteiger partial charge is 0.228 e. The van der Waals surface area contributed by atoms with Crippen LogP contribution in [0.2, 0.25) is 0 Å². The fraction of sp³-hybridized carbons (Fsp3) is 0.500. The molecule has 1 amide bonds. The van der Waals surface area contributed by atoms with Gasteiger partial charge in [0, 0.05) is 0 Å². The summed E-state index contributed by atoms with van der Waals surface area (Å²) in [6, 6.07) is 7.77. The topological polar surface area (TPSA) is 81.9 Å². The van der Waals surface area contributed by atoms with Gasteiger partial charge in [0.2, 0.25) is 5.91 Å². The van der Waals surface area contributed by atoms with Crippen molar-refractivity contribution in [3.8, 4) is 5.75 Å². The van der Waals surface area contributed by atoms with Crippen LogP contribution in [0.25, 0.3) is 0 Å². The van der Waals surface area contributed by atoms with Gasteiger partial charge in [-0.3, -0.25) is 4.79 Å². The predicted molar refractivity (Wildman–Crippen MR) is 86.1 cm³/mol. The number of nitrogens with zero attached hydrogens (tertiary/aromatic N) is 4. The molecule has 0 fully saturated rings. The molecule has 1 N–H and O–H groups in total. The van der Waals surface area contributed by atoms with Gasteiger partial charge in [-0.25, -0.2) is 0 Å². The molecule has 0 spiro atoms. The minimum atomic E-state index is -0.115. The van der Waals surface area contributed by atoms with Crippen LogP contribution in [0.1, 0.15) is 50.7 Å². The molecule has 124 valence electrons. The lowest BCUT2D eigenvalue weighted by Gasteiger charge is -2.17. The third-order valence-electron chi connectivity index (χ3n) is 3.51. The Kier molecular flexibility index (Phi) is 5.67. The summed E-state index contributed by atoms with van der Waals surface area (Å²) in [5, 5.41) is 15.0. The maximum absolute atomic E-state index is 12.2. The van der Waals surface area contributed by atoms with E-state index in [4.69, 9.17) is 4.74 Å². The number of tetrazole rings is 1. The Morgan fingerprint density at radius 1 is 1.30 bits per heavy atom. The molecule has 0 radical (unpaired) electrons. The SMILES string of the molecule is CCC(NC(=O)Cc1nnn(C(C)C)n1)c1ccc(OC)cc1. The lowest BCUT2D eigenvalue weighted by Crippen LogP contribution is -2.29. The molecule has 0 aliphatic rings. The lowest BCUT2D eigenvalue weighted by molar-refractivity contribution is -0.121. The largest absolute Gasteiger partial charge is 0.497 e. The molecule has 1 aromatic carbocycles. The molecule has 7 heteroatoms. The summed E-state index contributed by atoms with van der Waals surface area (Å²) in [5.41, 5.74) is 1.04. The normalized spacial score (nSPS) is 12.2. The van der Waals surface area contributed by atoms with Gasteiger partial charge in [-0.2, -0.15) is 4.80 Å². The molecule has 23 heavy (non-hydrogen) atoms. The summed E-state index contributed by atoms with van der Waals surface area (Å²) in [7, 11) is 1.63. The van der Waals surface area contributed by atoms with Gasteiger partial charge in [0.15, 0.2) is 5.82 Å². The minimum Gasteiger partial charge on any atom is -0.497 e. The number of amides is 1. The maximum Gasteiger partial charge on any atom is 0.228 e. The van der Waals surface area contributed by atoms with Crippen molar-refractivity contribution < 1.29 is 9.53 Å². The summed E-state index contributed by atoms with van der Waals surface area (Å²) >= 11 is 0. The fourth-order valence-electron chi connectivity index (χ4n) is 2.19. The van der Waals surface area contributed by atoms with Crippen molar-refractivity contribution in [1.82, 2.24) is 25.5 Å². The van der Waals surface area contributed by atoms with Crippen molar-refractivity contribution in [2.24, 2.45) is 0 Å². The number of carbonyl (C=O) groups is 1. The highest BCUT2D eigenvalue weighted by Gasteiger charge is 2.15. The standard InChI is InChI=1S/C16H23N5O2/c1-5-14(12-6-8-13(23-4)9-7-12)17-16(22)10-15-18-20-21(19-15)11(2)3/h6-9,11,14H,5,10H2,1-4H3,(H,17,22). The van der Waals surface area contributed by atoms with Crippen molar-refractivity contribution >= 4 is 5.91 Å². The monoisotopic (exact) mass is 317 g/mol. The van der Waals surface area contributed by atoms with Crippen LogP contribution in [0.3, 0.4) is 0 Å². The second-order valence-electron chi connectivity index (χ2n) is 5.60. The quantitative estimate of drug-likeness (QED) is 0.845. The van der Waals surface area contributed by atoms with Gasteiger partial charge >= 0.3 is 0 Å². The number of hydrogen-bond acceptors (Lipinski definition) is 5. The molecule has 0 aliphatic heterocycles.